The van der Waals surface area contributed by atoms with Crippen LogP contribution in [-0.2, 0) is 22.6 Å². The van der Waals surface area contributed by atoms with Gasteiger partial charge in [0.15, 0.2) is 0 Å². The van der Waals surface area contributed by atoms with Crippen LogP contribution in [0.4, 0.5) is 0 Å². The quantitative estimate of drug-likeness (QED) is 0.826. The second kappa shape index (κ2) is 8.13. The summed E-state index contributed by atoms with van der Waals surface area (Å²) in [5.74, 6) is -1.90. The maximum absolute atomic E-state index is 12.0. The van der Waals surface area contributed by atoms with E-state index in [0.29, 0.717) is 13.0 Å². The summed E-state index contributed by atoms with van der Waals surface area (Å²) in [6, 6.07) is 17.3. The van der Waals surface area contributed by atoms with Gasteiger partial charge in [-0.2, -0.15) is 0 Å². The van der Waals surface area contributed by atoms with Gasteiger partial charge in [-0.05, 0) is 24.5 Å². The Morgan fingerprint density at radius 1 is 1.00 bits per heavy atom. The minimum atomic E-state index is -0.944. The molecule has 0 aliphatic heterocycles. The lowest BCUT2D eigenvalue weighted by molar-refractivity contribution is -0.144. The fourth-order valence-corrected chi connectivity index (χ4v) is 2.35. The molecule has 2 aromatic carbocycles. The Morgan fingerprint density at radius 3 is 2.26 bits per heavy atom. The Bertz CT molecular complexity index is 650. The van der Waals surface area contributed by atoms with Crippen LogP contribution in [0.5, 0.6) is 0 Å². The predicted molar refractivity (Wildman–Crippen MR) is 88.9 cm³/mol. The van der Waals surface area contributed by atoms with E-state index in [-0.39, 0.29) is 12.3 Å². The molecule has 0 heterocycles. The van der Waals surface area contributed by atoms with E-state index in [4.69, 9.17) is 0 Å². The largest absolute Gasteiger partial charge is 0.481 e. The molecule has 2 aromatic rings. The minimum absolute atomic E-state index is 0.0178. The van der Waals surface area contributed by atoms with Gasteiger partial charge in [-0.3, -0.25) is 9.59 Å². The zero-order valence-corrected chi connectivity index (χ0v) is 13.2. The number of carboxylic acid groups (broad SMARTS) is 1. The standard InChI is InChI=1S/C19H21NO3/c1-14-7-9-15(10-8-14)11-17(19(22)23)12-18(21)20-13-16-5-3-2-4-6-16/h2-10,17H,11-13H2,1H3,(H,20,21)(H,22,23). The van der Waals surface area contributed by atoms with Gasteiger partial charge in [0, 0.05) is 13.0 Å². The smallest absolute Gasteiger partial charge is 0.307 e. The van der Waals surface area contributed by atoms with Crippen molar-refractivity contribution in [3.05, 3.63) is 71.3 Å². The summed E-state index contributed by atoms with van der Waals surface area (Å²) in [4.78, 5) is 23.4. The van der Waals surface area contributed by atoms with E-state index in [1.165, 1.54) is 0 Å². The zero-order chi connectivity index (χ0) is 16.7. The number of nitrogens with one attached hydrogen (secondary N) is 1. The molecule has 120 valence electrons. The van der Waals surface area contributed by atoms with Crippen molar-refractivity contribution in [2.45, 2.75) is 26.3 Å². The molecular weight excluding hydrogens is 290 g/mol. The lowest BCUT2D eigenvalue weighted by Crippen LogP contribution is -2.29. The first-order valence-electron chi connectivity index (χ1n) is 7.63. The second-order valence-electron chi connectivity index (χ2n) is 5.69. The van der Waals surface area contributed by atoms with Crippen molar-refractivity contribution >= 4 is 11.9 Å². The molecule has 2 N–H and O–H groups in total. The molecule has 0 aliphatic rings. The van der Waals surface area contributed by atoms with Gasteiger partial charge in [-0.1, -0.05) is 60.2 Å². The summed E-state index contributed by atoms with van der Waals surface area (Å²) >= 11 is 0. The van der Waals surface area contributed by atoms with Crippen molar-refractivity contribution in [3.63, 3.8) is 0 Å². The summed E-state index contributed by atoms with van der Waals surface area (Å²) in [5.41, 5.74) is 3.05. The van der Waals surface area contributed by atoms with Gasteiger partial charge in [0.05, 0.1) is 5.92 Å². The summed E-state index contributed by atoms with van der Waals surface area (Å²) in [6.45, 7) is 2.39. The Morgan fingerprint density at radius 2 is 1.65 bits per heavy atom. The molecule has 1 unspecified atom stereocenters. The first-order chi connectivity index (χ1) is 11.0. The molecule has 0 bridgehead atoms. The Labute approximate surface area is 136 Å². The lowest BCUT2D eigenvalue weighted by atomic mass is 9.95. The monoisotopic (exact) mass is 311 g/mol. The van der Waals surface area contributed by atoms with Gasteiger partial charge >= 0.3 is 5.97 Å². The number of carbonyl (C=O) groups is 2. The van der Waals surface area contributed by atoms with Crippen molar-refractivity contribution in [1.29, 1.82) is 0 Å². The molecule has 0 saturated carbocycles. The van der Waals surface area contributed by atoms with Gasteiger partial charge in [0.25, 0.3) is 0 Å². The number of hydrogen-bond acceptors (Lipinski definition) is 2. The van der Waals surface area contributed by atoms with Gasteiger partial charge in [0.1, 0.15) is 0 Å². The van der Waals surface area contributed by atoms with Crippen LogP contribution < -0.4 is 5.32 Å². The van der Waals surface area contributed by atoms with Crippen LogP contribution in [0.2, 0.25) is 0 Å². The molecule has 0 spiro atoms. The summed E-state index contributed by atoms with van der Waals surface area (Å²) in [5, 5.41) is 12.1. The van der Waals surface area contributed by atoms with Crippen molar-refractivity contribution in [2.75, 3.05) is 0 Å². The number of carboxylic acids is 1. The highest BCUT2D eigenvalue weighted by molar-refractivity contribution is 5.82. The number of amides is 1. The molecule has 2 rings (SSSR count). The van der Waals surface area contributed by atoms with E-state index in [1.54, 1.807) is 0 Å². The van der Waals surface area contributed by atoms with Crippen LogP contribution in [0.1, 0.15) is 23.1 Å². The highest BCUT2D eigenvalue weighted by Gasteiger charge is 2.21. The van der Waals surface area contributed by atoms with Gasteiger partial charge in [-0.25, -0.2) is 0 Å². The normalized spacial score (nSPS) is 11.7. The predicted octanol–water partition coefficient (Wildman–Crippen LogP) is 2.94. The molecule has 0 radical (unpaired) electrons. The van der Waals surface area contributed by atoms with Crippen LogP contribution in [-0.4, -0.2) is 17.0 Å². The van der Waals surface area contributed by atoms with E-state index in [9.17, 15) is 14.7 Å². The number of rotatable bonds is 7. The third-order valence-corrected chi connectivity index (χ3v) is 3.72. The van der Waals surface area contributed by atoms with Crippen molar-refractivity contribution in [3.8, 4) is 0 Å². The van der Waals surface area contributed by atoms with Gasteiger partial charge in [0.2, 0.25) is 5.91 Å². The van der Waals surface area contributed by atoms with E-state index in [1.807, 2.05) is 61.5 Å². The second-order valence-corrected chi connectivity index (χ2v) is 5.69. The minimum Gasteiger partial charge on any atom is -0.481 e. The average molecular weight is 311 g/mol. The van der Waals surface area contributed by atoms with Crippen LogP contribution in [0.25, 0.3) is 0 Å². The SMILES string of the molecule is Cc1ccc(CC(CC(=O)NCc2ccccc2)C(=O)O)cc1. The van der Waals surface area contributed by atoms with E-state index < -0.39 is 11.9 Å². The summed E-state index contributed by atoms with van der Waals surface area (Å²) < 4.78 is 0. The molecule has 0 aromatic heterocycles. The van der Waals surface area contributed by atoms with Crippen LogP contribution >= 0.6 is 0 Å². The highest BCUT2D eigenvalue weighted by atomic mass is 16.4. The van der Waals surface area contributed by atoms with E-state index in [0.717, 1.165) is 16.7 Å². The Kier molecular flexibility index (Phi) is 5.92. The third-order valence-electron chi connectivity index (χ3n) is 3.72. The number of aliphatic carboxylic acids is 1. The van der Waals surface area contributed by atoms with Crippen molar-refractivity contribution < 1.29 is 14.7 Å². The van der Waals surface area contributed by atoms with Crippen molar-refractivity contribution in [1.82, 2.24) is 5.32 Å². The third kappa shape index (κ3) is 5.58. The van der Waals surface area contributed by atoms with Crippen LogP contribution in [0.15, 0.2) is 54.6 Å². The topological polar surface area (TPSA) is 66.4 Å². The Balaban J connectivity index is 1.89. The van der Waals surface area contributed by atoms with Gasteiger partial charge in [-0.15, -0.1) is 0 Å². The maximum atomic E-state index is 12.0. The zero-order valence-electron chi connectivity index (χ0n) is 13.2. The summed E-state index contributed by atoms with van der Waals surface area (Å²) in [7, 11) is 0. The van der Waals surface area contributed by atoms with E-state index >= 15 is 0 Å². The Hall–Kier alpha value is -2.62. The van der Waals surface area contributed by atoms with Crippen LogP contribution in [0.3, 0.4) is 0 Å². The molecule has 1 amide bonds. The molecule has 1 atom stereocenters. The fourth-order valence-electron chi connectivity index (χ4n) is 2.35. The molecule has 4 nitrogen and oxygen atoms in total. The van der Waals surface area contributed by atoms with Crippen molar-refractivity contribution in [2.24, 2.45) is 5.92 Å². The fraction of sp³-hybridized carbons (Fsp3) is 0.263. The number of aryl methyl sites for hydroxylation is 1. The first kappa shape index (κ1) is 16.7. The molecule has 23 heavy (non-hydrogen) atoms. The highest BCUT2D eigenvalue weighted by Crippen LogP contribution is 2.14. The number of benzene rings is 2. The average Bonchev–Trinajstić information content (AvgIpc) is 2.55. The van der Waals surface area contributed by atoms with Gasteiger partial charge < -0.3 is 10.4 Å². The molecule has 0 aliphatic carbocycles. The molecular formula is C19H21NO3. The molecule has 0 fully saturated rings. The summed E-state index contributed by atoms with van der Waals surface area (Å²) in [6.07, 6.45) is 0.338. The lowest BCUT2D eigenvalue weighted by Gasteiger charge is -2.13. The first-order valence-corrected chi connectivity index (χ1v) is 7.63. The number of carbonyl (C=O) groups excluding carboxylic acids is 1. The molecule has 4 heteroatoms. The van der Waals surface area contributed by atoms with E-state index in [2.05, 4.69) is 5.32 Å². The van der Waals surface area contributed by atoms with Crippen LogP contribution in [0, 0.1) is 12.8 Å². The molecule has 0 saturated heterocycles. The number of hydrogen-bond donors (Lipinski definition) is 2. The maximum Gasteiger partial charge on any atom is 0.307 e.